The topological polar surface area (TPSA) is 46.5 Å². The Bertz CT molecular complexity index is 635. The number of methoxy groups -OCH3 is 1. The lowest BCUT2D eigenvalue weighted by Gasteiger charge is -2.08. The Balaban J connectivity index is 2.50. The first-order valence-corrected chi connectivity index (χ1v) is 6.08. The molecule has 19 heavy (non-hydrogen) atoms. The highest BCUT2D eigenvalue weighted by Gasteiger charge is 2.10. The predicted molar refractivity (Wildman–Crippen MR) is 75.1 cm³/mol. The minimum atomic E-state index is -0.932. The fourth-order valence-electron chi connectivity index (χ4n) is 1.88. The molecule has 1 N–H and O–H groups in total. The van der Waals surface area contributed by atoms with E-state index >= 15 is 0 Å². The molecule has 0 aliphatic carbocycles. The highest BCUT2D eigenvalue weighted by atomic mass is 35.5. The van der Waals surface area contributed by atoms with Crippen LogP contribution >= 0.6 is 11.6 Å². The Morgan fingerprint density at radius 1 is 1.16 bits per heavy atom. The van der Waals surface area contributed by atoms with Gasteiger partial charge in [0.15, 0.2) is 0 Å². The van der Waals surface area contributed by atoms with Crippen LogP contribution in [0, 0.1) is 6.92 Å². The molecule has 0 amide bonds. The van der Waals surface area contributed by atoms with Crippen LogP contribution in [0.4, 0.5) is 0 Å². The number of hydrogen-bond acceptors (Lipinski definition) is 2. The number of benzene rings is 2. The maximum Gasteiger partial charge on any atom is 0.335 e. The summed E-state index contributed by atoms with van der Waals surface area (Å²) >= 11 is 6.07. The summed E-state index contributed by atoms with van der Waals surface area (Å²) in [5.74, 6) is -0.338. The van der Waals surface area contributed by atoms with Crippen molar-refractivity contribution in [3.8, 4) is 16.9 Å². The molecule has 0 aromatic heterocycles. The lowest BCUT2D eigenvalue weighted by Crippen LogP contribution is -1.99. The summed E-state index contributed by atoms with van der Waals surface area (Å²) in [5, 5.41) is 9.63. The number of rotatable bonds is 3. The molecule has 2 aromatic carbocycles. The van der Waals surface area contributed by atoms with Gasteiger partial charge in [0.25, 0.3) is 0 Å². The molecule has 0 saturated carbocycles. The largest absolute Gasteiger partial charge is 0.495 e. The van der Waals surface area contributed by atoms with Crippen LogP contribution in [-0.4, -0.2) is 18.2 Å². The molecule has 3 nitrogen and oxygen atoms in total. The van der Waals surface area contributed by atoms with Crippen molar-refractivity contribution in [2.45, 2.75) is 6.92 Å². The van der Waals surface area contributed by atoms with Crippen LogP contribution in [0.15, 0.2) is 36.4 Å². The Hall–Kier alpha value is -2.00. The van der Waals surface area contributed by atoms with E-state index in [2.05, 4.69) is 0 Å². The molecule has 0 saturated heterocycles. The number of ether oxygens (including phenoxy) is 1. The third-order valence-electron chi connectivity index (χ3n) is 2.95. The van der Waals surface area contributed by atoms with E-state index in [1.54, 1.807) is 38.3 Å². The van der Waals surface area contributed by atoms with Crippen LogP contribution < -0.4 is 4.74 Å². The van der Waals surface area contributed by atoms with E-state index in [1.165, 1.54) is 0 Å². The van der Waals surface area contributed by atoms with Gasteiger partial charge in [-0.15, -0.1) is 0 Å². The Morgan fingerprint density at radius 3 is 2.37 bits per heavy atom. The monoisotopic (exact) mass is 276 g/mol. The standard InChI is InChI=1S/C15H13ClO3/c1-9-3-4-10(7-12(9)15(17)18)11-5-6-14(19-2)13(16)8-11/h3-8H,1-2H3,(H,17,18). The molecular weight excluding hydrogens is 264 g/mol. The van der Waals surface area contributed by atoms with E-state index in [1.807, 2.05) is 12.1 Å². The predicted octanol–water partition coefficient (Wildman–Crippen LogP) is 4.02. The molecular formula is C15H13ClO3. The molecule has 0 atom stereocenters. The molecule has 0 spiro atoms. The number of hydrogen-bond donors (Lipinski definition) is 1. The van der Waals surface area contributed by atoms with Crippen molar-refractivity contribution in [2.24, 2.45) is 0 Å². The van der Waals surface area contributed by atoms with Crippen LogP contribution in [0.25, 0.3) is 11.1 Å². The van der Waals surface area contributed by atoms with Crippen LogP contribution in [0.3, 0.4) is 0 Å². The summed E-state index contributed by atoms with van der Waals surface area (Å²) in [5.41, 5.74) is 2.70. The average molecular weight is 277 g/mol. The maximum atomic E-state index is 11.1. The van der Waals surface area contributed by atoms with Gasteiger partial charge in [-0.25, -0.2) is 4.79 Å². The third kappa shape index (κ3) is 2.71. The minimum Gasteiger partial charge on any atom is -0.495 e. The van der Waals surface area contributed by atoms with Gasteiger partial charge < -0.3 is 9.84 Å². The zero-order valence-electron chi connectivity index (χ0n) is 10.6. The molecule has 0 bridgehead atoms. The summed E-state index contributed by atoms with van der Waals surface area (Å²) in [7, 11) is 1.55. The fourth-order valence-corrected chi connectivity index (χ4v) is 2.14. The third-order valence-corrected chi connectivity index (χ3v) is 3.25. The van der Waals surface area contributed by atoms with Crippen molar-refractivity contribution in [2.75, 3.05) is 7.11 Å². The normalized spacial score (nSPS) is 10.3. The van der Waals surface area contributed by atoms with Crippen LogP contribution in [-0.2, 0) is 0 Å². The van der Waals surface area contributed by atoms with Crippen LogP contribution in [0.5, 0.6) is 5.75 Å². The SMILES string of the molecule is COc1ccc(-c2ccc(C)c(C(=O)O)c2)cc1Cl. The molecule has 0 heterocycles. The van der Waals surface area contributed by atoms with Crippen molar-refractivity contribution in [1.82, 2.24) is 0 Å². The Kier molecular flexibility index (Phi) is 3.76. The van der Waals surface area contributed by atoms with Crippen molar-refractivity contribution in [3.05, 3.63) is 52.5 Å². The molecule has 2 aromatic rings. The number of aromatic carboxylic acids is 1. The number of carbonyl (C=O) groups is 1. The van der Waals surface area contributed by atoms with Gasteiger partial charge in [-0.3, -0.25) is 0 Å². The Morgan fingerprint density at radius 2 is 1.79 bits per heavy atom. The molecule has 0 radical (unpaired) electrons. The first kappa shape index (κ1) is 13.4. The van der Waals surface area contributed by atoms with E-state index in [0.717, 1.165) is 16.7 Å². The summed E-state index contributed by atoms with van der Waals surface area (Å²) in [6.45, 7) is 1.77. The van der Waals surface area contributed by atoms with E-state index in [0.29, 0.717) is 16.3 Å². The molecule has 98 valence electrons. The van der Waals surface area contributed by atoms with E-state index in [9.17, 15) is 4.79 Å². The first-order chi connectivity index (χ1) is 9.02. The second kappa shape index (κ2) is 5.33. The number of halogens is 1. The highest BCUT2D eigenvalue weighted by Crippen LogP contribution is 2.31. The zero-order chi connectivity index (χ0) is 14.0. The molecule has 4 heteroatoms. The van der Waals surface area contributed by atoms with Gasteiger partial charge in [0.1, 0.15) is 5.75 Å². The Labute approximate surface area is 116 Å². The fraction of sp³-hybridized carbons (Fsp3) is 0.133. The molecule has 0 aliphatic heterocycles. The quantitative estimate of drug-likeness (QED) is 0.921. The second-order valence-corrected chi connectivity index (χ2v) is 4.59. The van der Waals surface area contributed by atoms with Gasteiger partial charge in [0.05, 0.1) is 17.7 Å². The molecule has 0 unspecified atom stereocenters. The number of aryl methyl sites for hydroxylation is 1. The lowest BCUT2D eigenvalue weighted by molar-refractivity contribution is 0.0696. The van der Waals surface area contributed by atoms with Crippen molar-refractivity contribution < 1.29 is 14.6 Å². The average Bonchev–Trinajstić information content (AvgIpc) is 2.38. The van der Waals surface area contributed by atoms with Gasteiger partial charge >= 0.3 is 5.97 Å². The molecule has 2 rings (SSSR count). The highest BCUT2D eigenvalue weighted by molar-refractivity contribution is 6.32. The smallest absolute Gasteiger partial charge is 0.335 e. The summed E-state index contributed by atoms with van der Waals surface area (Å²) in [6, 6.07) is 10.7. The lowest BCUT2D eigenvalue weighted by atomic mass is 10.00. The van der Waals surface area contributed by atoms with Gasteiger partial charge in [-0.05, 0) is 41.8 Å². The zero-order valence-corrected chi connectivity index (χ0v) is 11.4. The summed E-state index contributed by atoms with van der Waals surface area (Å²) in [4.78, 5) is 11.1. The minimum absolute atomic E-state index is 0.296. The first-order valence-electron chi connectivity index (χ1n) is 5.71. The van der Waals surface area contributed by atoms with Crippen molar-refractivity contribution >= 4 is 17.6 Å². The van der Waals surface area contributed by atoms with Gasteiger partial charge in [0.2, 0.25) is 0 Å². The van der Waals surface area contributed by atoms with E-state index < -0.39 is 5.97 Å². The summed E-state index contributed by atoms with van der Waals surface area (Å²) < 4.78 is 5.09. The second-order valence-electron chi connectivity index (χ2n) is 4.18. The maximum absolute atomic E-state index is 11.1. The van der Waals surface area contributed by atoms with Gasteiger partial charge in [-0.1, -0.05) is 29.8 Å². The van der Waals surface area contributed by atoms with E-state index in [-0.39, 0.29) is 0 Å². The molecule has 0 aliphatic rings. The van der Waals surface area contributed by atoms with E-state index in [4.69, 9.17) is 21.4 Å². The van der Waals surface area contributed by atoms with Gasteiger partial charge in [-0.2, -0.15) is 0 Å². The van der Waals surface area contributed by atoms with Gasteiger partial charge in [0, 0.05) is 0 Å². The molecule has 0 fully saturated rings. The summed E-state index contributed by atoms with van der Waals surface area (Å²) in [6.07, 6.45) is 0. The van der Waals surface area contributed by atoms with Crippen molar-refractivity contribution in [3.63, 3.8) is 0 Å². The number of carboxylic acid groups (broad SMARTS) is 1. The van der Waals surface area contributed by atoms with Crippen LogP contribution in [0.2, 0.25) is 5.02 Å². The van der Waals surface area contributed by atoms with Crippen molar-refractivity contribution in [1.29, 1.82) is 0 Å². The van der Waals surface area contributed by atoms with Crippen LogP contribution in [0.1, 0.15) is 15.9 Å². The number of carboxylic acids is 1.